The maximum Gasteiger partial charge on any atom is 0.270 e. The molecule has 0 fully saturated rings. The van der Waals surface area contributed by atoms with E-state index in [1.54, 1.807) is 33.7 Å². The number of hydrogen-bond acceptors (Lipinski definition) is 5. The highest BCUT2D eigenvalue weighted by molar-refractivity contribution is 5.95. The van der Waals surface area contributed by atoms with Crippen molar-refractivity contribution >= 4 is 22.5 Å². The molecule has 0 N–H and O–H groups in total. The van der Waals surface area contributed by atoms with Crippen molar-refractivity contribution in [1.29, 1.82) is 0 Å². The van der Waals surface area contributed by atoms with E-state index in [1.165, 1.54) is 18.2 Å². The number of hydrogen-bond donors (Lipinski definition) is 0. The van der Waals surface area contributed by atoms with E-state index in [9.17, 15) is 19.7 Å². The van der Waals surface area contributed by atoms with E-state index in [-0.39, 0.29) is 23.4 Å². The summed E-state index contributed by atoms with van der Waals surface area (Å²) in [5.41, 5.74) is 2.83. The highest BCUT2D eigenvalue weighted by Gasteiger charge is 2.28. The van der Waals surface area contributed by atoms with Crippen LogP contribution in [-0.2, 0) is 6.54 Å². The highest BCUT2D eigenvalue weighted by Crippen LogP contribution is 2.27. The molecule has 0 saturated heterocycles. The summed E-state index contributed by atoms with van der Waals surface area (Å²) < 4.78 is 1.55. The van der Waals surface area contributed by atoms with E-state index in [0.717, 1.165) is 11.1 Å². The smallest absolute Gasteiger partial charge is 0.270 e. The number of rotatable bonds is 7. The number of para-hydroxylation sites is 1. The third-order valence-corrected chi connectivity index (χ3v) is 6.70. The fourth-order valence-corrected chi connectivity index (χ4v) is 4.60. The zero-order valence-electron chi connectivity index (χ0n) is 21.5. The molecule has 1 atom stereocenters. The van der Waals surface area contributed by atoms with Crippen LogP contribution in [0.1, 0.15) is 40.3 Å². The first-order chi connectivity index (χ1) is 18.8. The summed E-state index contributed by atoms with van der Waals surface area (Å²) in [4.78, 5) is 45.2. The number of nitrogens with zero attached hydrogens (tertiary/aromatic N) is 4. The van der Waals surface area contributed by atoms with E-state index in [2.05, 4.69) is 0 Å². The summed E-state index contributed by atoms with van der Waals surface area (Å²) in [7, 11) is 0. The second-order valence-electron chi connectivity index (χ2n) is 9.37. The van der Waals surface area contributed by atoms with Crippen LogP contribution in [-0.4, -0.2) is 25.3 Å². The first-order valence-electron chi connectivity index (χ1n) is 12.5. The van der Waals surface area contributed by atoms with Crippen molar-refractivity contribution in [3.05, 3.63) is 146 Å². The zero-order chi connectivity index (χ0) is 27.5. The van der Waals surface area contributed by atoms with Crippen LogP contribution in [0.4, 0.5) is 5.69 Å². The fourth-order valence-electron chi connectivity index (χ4n) is 4.60. The molecule has 5 rings (SSSR count). The Balaban J connectivity index is 1.70. The average molecular weight is 519 g/mol. The summed E-state index contributed by atoms with van der Waals surface area (Å²) in [6.45, 7) is 3.99. The first-order valence-corrected chi connectivity index (χ1v) is 12.5. The molecule has 0 aliphatic rings. The second-order valence-corrected chi connectivity index (χ2v) is 9.37. The maximum atomic E-state index is 14.0. The van der Waals surface area contributed by atoms with Crippen molar-refractivity contribution in [1.82, 2.24) is 14.5 Å². The topological polar surface area (TPSA) is 98.3 Å². The van der Waals surface area contributed by atoms with Gasteiger partial charge in [0.2, 0.25) is 0 Å². The van der Waals surface area contributed by atoms with Gasteiger partial charge >= 0.3 is 0 Å². The lowest BCUT2D eigenvalue weighted by atomic mass is 10.1. The van der Waals surface area contributed by atoms with Gasteiger partial charge in [-0.15, -0.1) is 0 Å². The lowest BCUT2D eigenvalue weighted by molar-refractivity contribution is -0.384. The number of benzene rings is 4. The van der Waals surface area contributed by atoms with Crippen molar-refractivity contribution < 1.29 is 9.72 Å². The van der Waals surface area contributed by atoms with Crippen LogP contribution in [0, 0.1) is 17.0 Å². The molecule has 0 aliphatic heterocycles. The van der Waals surface area contributed by atoms with Crippen molar-refractivity contribution in [2.75, 3.05) is 0 Å². The third kappa shape index (κ3) is 5.17. The molecule has 0 spiro atoms. The SMILES string of the molecule is Cc1ccc(-n2c(C(C)N(Cc3ccccc3)C(=O)c3cccc([N+](=O)[O-])c3)nc3ccccc3c2=O)cc1. The Morgan fingerprint density at radius 2 is 1.64 bits per heavy atom. The number of fused-ring (bicyclic) bond motifs is 1. The van der Waals surface area contributed by atoms with Crippen LogP contribution in [0.15, 0.2) is 108 Å². The Bertz CT molecular complexity index is 1730. The predicted octanol–water partition coefficient (Wildman–Crippen LogP) is 6.01. The molecule has 4 aromatic carbocycles. The lowest BCUT2D eigenvalue weighted by Crippen LogP contribution is -2.37. The quantitative estimate of drug-likeness (QED) is 0.194. The van der Waals surface area contributed by atoms with Crippen LogP contribution in [0.5, 0.6) is 0 Å². The maximum absolute atomic E-state index is 14.0. The third-order valence-electron chi connectivity index (χ3n) is 6.70. The van der Waals surface area contributed by atoms with Gasteiger partial charge in [0.25, 0.3) is 17.2 Å². The molecule has 194 valence electrons. The van der Waals surface area contributed by atoms with Gasteiger partial charge < -0.3 is 4.90 Å². The number of aryl methyl sites for hydroxylation is 1. The van der Waals surface area contributed by atoms with Gasteiger partial charge in [-0.1, -0.05) is 66.2 Å². The molecule has 8 heteroatoms. The van der Waals surface area contributed by atoms with Gasteiger partial charge in [0.05, 0.1) is 27.6 Å². The van der Waals surface area contributed by atoms with Crippen molar-refractivity contribution in [3.8, 4) is 5.69 Å². The molecule has 0 saturated carbocycles. The number of carbonyl (C=O) groups excluding carboxylic acids is 1. The number of carbonyl (C=O) groups is 1. The minimum absolute atomic E-state index is 0.173. The second kappa shape index (κ2) is 10.7. The number of non-ortho nitro benzene ring substituents is 1. The molecular weight excluding hydrogens is 492 g/mol. The number of nitro groups is 1. The van der Waals surface area contributed by atoms with Crippen LogP contribution >= 0.6 is 0 Å². The van der Waals surface area contributed by atoms with E-state index in [4.69, 9.17) is 4.98 Å². The first kappa shape index (κ1) is 25.5. The van der Waals surface area contributed by atoms with Gasteiger partial charge in [-0.3, -0.25) is 24.3 Å². The summed E-state index contributed by atoms with van der Waals surface area (Å²) in [6, 6.07) is 29.1. The normalized spacial score (nSPS) is 11.7. The molecular formula is C31H26N4O4. The summed E-state index contributed by atoms with van der Waals surface area (Å²) in [5.74, 6) is -0.0230. The Kier molecular flexibility index (Phi) is 7.01. The summed E-state index contributed by atoms with van der Waals surface area (Å²) in [6.07, 6.45) is 0. The molecule has 0 aliphatic carbocycles. The molecule has 39 heavy (non-hydrogen) atoms. The number of amides is 1. The van der Waals surface area contributed by atoms with Crippen LogP contribution in [0.3, 0.4) is 0 Å². The number of nitro benzene ring substituents is 1. The van der Waals surface area contributed by atoms with Gasteiger partial charge in [-0.2, -0.15) is 0 Å². The van der Waals surface area contributed by atoms with E-state index >= 15 is 0 Å². The molecule has 1 heterocycles. The summed E-state index contributed by atoms with van der Waals surface area (Å²) >= 11 is 0. The minimum Gasteiger partial charge on any atom is -0.324 e. The van der Waals surface area contributed by atoms with Crippen molar-refractivity contribution in [3.63, 3.8) is 0 Å². The molecule has 0 radical (unpaired) electrons. The molecule has 0 bridgehead atoms. The van der Waals surface area contributed by atoms with Gasteiger partial charge in [0, 0.05) is 24.2 Å². The Morgan fingerprint density at radius 3 is 2.36 bits per heavy atom. The monoisotopic (exact) mass is 518 g/mol. The van der Waals surface area contributed by atoms with Gasteiger partial charge in [0.15, 0.2) is 0 Å². The summed E-state index contributed by atoms with van der Waals surface area (Å²) in [5, 5.41) is 11.9. The predicted molar refractivity (Wildman–Crippen MR) is 150 cm³/mol. The highest BCUT2D eigenvalue weighted by atomic mass is 16.6. The van der Waals surface area contributed by atoms with Gasteiger partial charge in [-0.05, 0) is 49.7 Å². The standard InChI is InChI=1S/C31H26N4O4/c1-21-15-17-25(18-16-21)34-29(32-28-14-7-6-13-27(28)31(34)37)22(2)33(20-23-9-4-3-5-10-23)30(36)24-11-8-12-26(19-24)35(38)39/h3-19,22H,20H2,1-2H3. The van der Waals surface area contributed by atoms with Gasteiger partial charge in [-0.25, -0.2) is 4.98 Å². The molecule has 5 aromatic rings. The molecule has 1 amide bonds. The Labute approximate surface area is 224 Å². The molecule has 1 unspecified atom stereocenters. The molecule has 1 aromatic heterocycles. The van der Waals surface area contributed by atoms with Crippen molar-refractivity contribution in [2.45, 2.75) is 26.4 Å². The number of aromatic nitrogens is 2. The van der Waals surface area contributed by atoms with E-state index < -0.39 is 16.9 Å². The fraction of sp³-hybridized carbons (Fsp3) is 0.129. The minimum atomic E-state index is -0.671. The van der Waals surface area contributed by atoms with Crippen LogP contribution in [0.2, 0.25) is 0 Å². The molecule has 8 nitrogen and oxygen atoms in total. The van der Waals surface area contributed by atoms with E-state index in [1.807, 2.05) is 74.5 Å². The van der Waals surface area contributed by atoms with Gasteiger partial charge in [0.1, 0.15) is 5.82 Å². The van der Waals surface area contributed by atoms with Crippen LogP contribution in [0.25, 0.3) is 16.6 Å². The Morgan fingerprint density at radius 1 is 0.949 bits per heavy atom. The van der Waals surface area contributed by atoms with Crippen LogP contribution < -0.4 is 5.56 Å². The lowest BCUT2D eigenvalue weighted by Gasteiger charge is -2.31. The zero-order valence-corrected chi connectivity index (χ0v) is 21.5. The van der Waals surface area contributed by atoms with Crippen molar-refractivity contribution in [2.24, 2.45) is 0 Å². The average Bonchev–Trinajstić information content (AvgIpc) is 2.96. The largest absolute Gasteiger partial charge is 0.324 e. The Hall–Kier alpha value is -5.11. The van der Waals surface area contributed by atoms with E-state index in [0.29, 0.717) is 22.4 Å².